The average Bonchev–Trinajstić information content (AvgIpc) is 3.31. The van der Waals surface area contributed by atoms with Gasteiger partial charge in [-0.05, 0) is 117 Å². The van der Waals surface area contributed by atoms with E-state index in [4.69, 9.17) is 20.5 Å². The van der Waals surface area contributed by atoms with E-state index < -0.39 is 13.6 Å². The van der Waals surface area contributed by atoms with E-state index in [1.807, 2.05) is 0 Å². The number of carbonyl (C=O) groups is 1. The Hall–Kier alpha value is -0.720. The Bertz CT molecular complexity index is 1020. The Labute approximate surface area is 263 Å². The van der Waals surface area contributed by atoms with Gasteiger partial charge in [0.1, 0.15) is 0 Å². The second-order valence-corrected chi connectivity index (χ2v) is 17.7. The fraction of sp³-hybridized carbons (Fsp3) is 0.914. The van der Waals surface area contributed by atoms with Crippen LogP contribution in [0.1, 0.15) is 118 Å². The van der Waals surface area contributed by atoms with Crippen LogP contribution in [-0.2, 0) is 18.4 Å². The summed E-state index contributed by atoms with van der Waals surface area (Å²) in [5.74, 6) is 4.71. The smallest absolute Gasteiger partial charge is 0.327 e. The molecule has 4 rings (SSSR count). The summed E-state index contributed by atoms with van der Waals surface area (Å²) in [7, 11) is -3.24. The minimum absolute atomic E-state index is 0.0811. The monoisotopic (exact) mass is 621 g/mol. The van der Waals surface area contributed by atoms with Gasteiger partial charge in [0, 0.05) is 13.2 Å². The van der Waals surface area contributed by atoms with Gasteiger partial charge in [0.2, 0.25) is 5.91 Å². The van der Waals surface area contributed by atoms with Crippen LogP contribution in [0.3, 0.4) is 0 Å². The molecule has 3 fully saturated rings. The highest BCUT2D eigenvalue weighted by atomic mass is 31.2. The van der Waals surface area contributed by atoms with E-state index in [0.29, 0.717) is 24.8 Å². The first-order chi connectivity index (χ1) is 20.3. The third kappa shape index (κ3) is 8.17. The lowest BCUT2D eigenvalue weighted by atomic mass is 9.47. The van der Waals surface area contributed by atoms with Crippen LogP contribution in [0.25, 0.3) is 0 Å². The predicted molar refractivity (Wildman–Crippen MR) is 177 cm³/mol. The molecule has 0 aromatic rings. The number of fused-ring (bicyclic) bond motifs is 5. The summed E-state index contributed by atoms with van der Waals surface area (Å²) in [5.41, 5.74) is 13.6. The molecular formula is C35H64N3O4P. The van der Waals surface area contributed by atoms with Crippen LogP contribution in [0.4, 0.5) is 0 Å². The molecule has 0 saturated heterocycles. The molecule has 0 aromatic heterocycles. The Morgan fingerprint density at radius 1 is 1.07 bits per heavy atom. The van der Waals surface area contributed by atoms with Gasteiger partial charge in [0.05, 0.1) is 18.8 Å². The Morgan fingerprint density at radius 2 is 1.84 bits per heavy atom. The normalized spacial score (nSPS) is 36.6. The third-order valence-corrected chi connectivity index (χ3v) is 13.7. The average molecular weight is 622 g/mol. The molecule has 10 unspecified atom stereocenters. The first-order valence-electron chi connectivity index (χ1n) is 17.6. The maximum atomic E-state index is 13.2. The number of carbonyl (C=O) groups excluding carboxylic acids is 1. The Morgan fingerprint density at radius 3 is 2.56 bits per heavy atom. The lowest BCUT2D eigenvalue weighted by Crippen LogP contribution is -2.51. The molecule has 43 heavy (non-hydrogen) atoms. The number of nitrogens with one attached hydrogen (secondary N) is 1. The SMILES string of the molecule is CC(C)CCCC(C)C1CCC2C3CC=C4CC(OP(C)(=O)OCCNC(=O)C(N)CCCN)CCC4(C)C3CCC12C. The summed E-state index contributed by atoms with van der Waals surface area (Å²) < 4.78 is 25.0. The van der Waals surface area contributed by atoms with Crippen molar-refractivity contribution in [2.24, 2.45) is 57.8 Å². The number of hydrogen-bond acceptors (Lipinski definition) is 6. The number of allylic oxidation sites excluding steroid dienone is 1. The molecule has 0 spiro atoms. The molecule has 0 bridgehead atoms. The van der Waals surface area contributed by atoms with E-state index >= 15 is 0 Å². The predicted octanol–water partition coefficient (Wildman–Crippen LogP) is 7.43. The van der Waals surface area contributed by atoms with Crippen LogP contribution in [0.2, 0.25) is 0 Å². The minimum atomic E-state index is -3.24. The topological polar surface area (TPSA) is 117 Å². The van der Waals surface area contributed by atoms with Crippen molar-refractivity contribution < 1.29 is 18.4 Å². The van der Waals surface area contributed by atoms with Crippen molar-refractivity contribution in [3.63, 3.8) is 0 Å². The van der Waals surface area contributed by atoms with Crippen LogP contribution < -0.4 is 16.8 Å². The zero-order valence-corrected chi connectivity index (χ0v) is 29.1. The van der Waals surface area contributed by atoms with Gasteiger partial charge in [-0.15, -0.1) is 0 Å². The molecule has 7 nitrogen and oxygen atoms in total. The van der Waals surface area contributed by atoms with Crippen molar-refractivity contribution in [2.75, 3.05) is 26.4 Å². The number of rotatable bonds is 15. The fourth-order valence-electron chi connectivity index (χ4n) is 10.0. The third-order valence-electron chi connectivity index (χ3n) is 12.4. The summed E-state index contributed by atoms with van der Waals surface area (Å²) in [6.07, 6.45) is 17.5. The van der Waals surface area contributed by atoms with Crippen LogP contribution >= 0.6 is 7.60 Å². The highest BCUT2D eigenvalue weighted by Crippen LogP contribution is 2.67. The second-order valence-electron chi connectivity index (χ2n) is 15.7. The van der Waals surface area contributed by atoms with Gasteiger partial charge in [-0.25, -0.2) is 0 Å². The number of nitrogens with two attached hydrogens (primary N) is 2. The van der Waals surface area contributed by atoms with E-state index in [0.717, 1.165) is 54.8 Å². The molecule has 4 aliphatic carbocycles. The molecule has 0 aliphatic heterocycles. The zero-order valence-electron chi connectivity index (χ0n) is 28.2. The van der Waals surface area contributed by atoms with Crippen molar-refractivity contribution in [3.05, 3.63) is 11.6 Å². The summed E-state index contributed by atoms with van der Waals surface area (Å²) in [4.78, 5) is 12.1. The van der Waals surface area contributed by atoms with Gasteiger partial charge in [0.25, 0.3) is 0 Å². The lowest BCUT2D eigenvalue weighted by molar-refractivity contribution is -0.122. The Balaban J connectivity index is 1.29. The summed E-state index contributed by atoms with van der Waals surface area (Å²) in [6, 6.07) is -0.579. The first-order valence-corrected chi connectivity index (χ1v) is 19.6. The molecule has 5 N–H and O–H groups in total. The quantitative estimate of drug-likeness (QED) is 0.0995. The van der Waals surface area contributed by atoms with E-state index in [2.05, 4.69) is 46.0 Å². The molecule has 0 radical (unpaired) electrons. The van der Waals surface area contributed by atoms with Gasteiger partial charge >= 0.3 is 7.60 Å². The van der Waals surface area contributed by atoms with Crippen molar-refractivity contribution in [2.45, 2.75) is 130 Å². The standard InChI is InChI=1S/C35H64N3O4P/c1-24(2)9-7-10-25(3)29-14-15-30-28-13-12-26-23-27(16-18-34(26,4)31(28)17-19-35(29,30)5)42-43(6,40)41-22-21-38-33(39)32(37)11-8-20-36/h12,24-25,27-32H,7-11,13-23,36-37H2,1-6H3,(H,38,39). The van der Waals surface area contributed by atoms with Crippen molar-refractivity contribution in [3.8, 4) is 0 Å². The summed E-state index contributed by atoms with van der Waals surface area (Å²) in [5, 5.41) is 2.76. The van der Waals surface area contributed by atoms with Crippen LogP contribution in [-0.4, -0.2) is 44.4 Å². The summed E-state index contributed by atoms with van der Waals surface area (Å²) in [6.45, 7) is 14.9. The first kappa shape index (κ1) is 35.1. The van der Waals surface area contributed by atoms with E-state index in [9.17, 15) is 9.36 Å². The zero-order chi connectivity index (χ0) is 31.4. The van der Waals surface area contributed by atoms with Crippen molar-refractivity contribution >= 4 is 13.5 Å². The largest absolute Gasteiger partial charge is 0.352 e. The van der Waals surface area contributed by atoms with Gasteiger partial charge in [0.15, 0.2) is 0 Å². The highest BCUT2D eigenvalue weighted by Gasteiger charge is 2.59. The van der Waals surface area contributed by atoms with Crippen LogP contribution in [0.5, 0.6) is 0 Å². The molecule has 0 heterocycles. The van der Waals surface area contributed by atoms with Gasteiger partial charge in [-0.1, -0.05) is 65.5 Å². The molecule has 1 amide bonds. The molecule has 248 valence electrons. The van der Waals surface area contributed by atoms with Gasteiger partial charge in [-0.3, -0.25) is 9.36 Å². The van der Waals surface area contributed by atoms with Crippen molar-refractivity contribution in [1.82, 2.24) is 5.32 Å². The maximum absolute atomic E-state index is 13.2. The lowest BCUT2D eigenvalue weighted by Gasteiger charge is -2.58. The van der Waals surface area contributed by atoms with Crippen LogP contribution in [0, 0.1) is 46.3 Å². The summed E-state index contributed by atoms with van der Waals surface area (Å²) >= 11 is 0. The van der Waals surface area contributed by atoms with Gasteiger partial charge < -0.3 is 25.8 Å². The van der Waals surface area contributed by atoms with Gasteiger partial charge in [-0.2, -0.15) is 0 Å². The molecule has 10 atom stereocenters. The van der Waals surface area contributed by atoms with E-state index in [1.54, 1.807) is 6.66 Å². The molecule has 4 aliphatic rings. The maximum Gasteiger partial charge on any atom is 0.327 e. The van der Waals surface area contributed by atoms with E-state index in [-0.39, 0.29) is 30.6 Å². The fourth-order valence-corrected chi connectivity index (χ4v) is 11.2. The van der Waals surface area contributed by atoms with Crippen molar-refractivity contribution in [1.29, 1.82) is 0 Å². The highest BCUT2D eigenvalue weighted by molar-refractivity contribution is 7.53. The second kappa shape index (κ2) is 14.8. The molecular weight excluding hydrogens is 557 g/mol. The van der Waals surface area contributed by atoms with E-state index in [1.165, 1.54) is 56.9 Å². The van der Waals surface area contributed by atoms with Crippen LogP contribution in [0.15, 0.2) is 11.6 Å². The Kier molecular flexibility index (Phi) is 12.1. The molecule has 0 aromatic carbocycles. The molecule has 3 saturated carbocycles. The number of amides is 1. The number of hydrogen-bond donors (Lipinski definition) is 3. The minimum Gasteiger partial charge on any atom is -0.352 e. The molecule has 8 heteroatoms.